The van der Waals surface area contributed by atoms with Crippen molar-refractivity contribution in [1.82, 2.24) is 4.90 Å². The van der Waals surface area contributed by atoms with Crippen LogP contribution in [-0.2, 0) is 9.53 Å². The van der Waals surface area contributed by atoms with E-state index in [1.165, 1.54) is 4.90 Å². The first-order valence-electron chi connectivity index (χ1n) is 8.67. The first kappa shape index (κ1) is 18.8. The highest BCUT2D eigenvalue weighted by Crippen LogP contribution is 2.32. The third kappa shape index (κ3) is 4.22. The molecule has 1 aromatic carbocycles. The fourth-order valence-electron chi connectivity index (χ4n) is 3.15. The molecule has 0 saturated carbocycles. The molecule has 0 radical (unpaired) electrons. The SMILES string of the molecule is CC1(C(=O)O)CCN(C(=O)Nc2cc(Cl)ccc2OCC2CCOC2)C1. The van der Waals surface area contributed by atoms with Crippen molar-refractivity contribution in [2.24, 2.45) is 11.3 Å². The quantitative estimate of drug-likeness (QED) is 0.817. The van der Waals surface area contributed by atoms with E-state index in [1.54, 1.807) is 25.1 Å². The zero-order valence-electron chi connectivity index (χ0n) is 14.7. The largest absolute Gasteiger partial charge is 0.491 e. The van der Waals surface area contributed by atoms with E-state index in [9.17, 15) is 14.7 Å². The maximum atomic E-state index is 12.6. The molecule has 2 saturated heterocycles. The van der Waals surface area contributed by atoms with Crippen LogP contribution in [0.1, 0.15) is 19.8 Å². The highest BCUT2D eigenvalue weighted by molar-refractivity contribution is 6.31. The van der Waals surface area contributed by atoms with E-state index in [0.717, 1.165) is 13.0 Å². The molecule has 26 heavy (non-hydrogen) atoms. The smallest absolute Gasteiger partial charge is 0.321 e. The van der Waals surface area contributed by atoms with Crippen LogP contribution in [0.5, 0.6) is 5.75 Å². The maximum Gasteiger partial charge on any atom is 0.321 e. The Labute approximate surface area is 157 Å². The van der Waals surface area contributed by atoms with Gasteiger partial charge in [-0.15, -0.1) is 0 Å². The van der Waals surface area contributed by atoms with Crippen molar-refractivity contribution in [3.8, 4) is 5.75 Å². The molecule has 8 heteroatoms. The lowest BCUT2D eigenvalue weighted by molar-refractivity contribution is -0.146. The Morgan fingerprint density at radius 1 is 1.50 bits per heavy atom. The molecule has 2 heterocycles. The minimum absolute atomic E-state index is 0.171. The average Bonchev–Trinajstić information content (AvgIpc) is 3.24. The molecule has 2 aliphatic heterocycles. The monoisotopic (exact) mass is 382 g/mol. The van der Waals surface area contributed by atoms with Crippen molar-refractivity contribution >= 4 is 29.3 Å². The molecule has 0 aliphatic carbocycles. The second kappa shape index (κ2) is 7.72. The van der Waals surface area contributed by atoms with E-state index in [1.807, 2.05) is 0 Å². The Kier molecular flexibility index (Phi) is 5.58. The van der Waals surface area contributed by atoms with Crippen LogP contribution in [0.15, 0.2) is 18.2 Å². The van der Waals surface area contributed by atoms with E-state index in [2.05, 4.69) is 5.32 Å². The summed E-state index contributed by atoms with van der Waals surface area (Å²) >= 11 is 6.06. The van der Waals surface area contributed by atoms with Crippen LogP contribution in [0.2, 0.25) is 5.02 Å². The van der Waals surface area contributed by atoms with Crippen LogP contribution in [-0.4, -0.2) is 54.9 Å². The lowest BCUT2D eigenvalue weighted by Crippen LogP contribution is -2.37. The second-order valence-corrected chi connectivity index (χ2v) is 7.59. The molecule has 2 N–H and O–H groups in total. The standard InChI is InChI=1S/C18H23ClN2O5/c1-18(16(22)23)5-6-21(11-18)17(24)20-14-8-13(19)2-3-15(14)26-10-12-4-7-25-9-12/h2-3,8,12H,4-7,9-11H2,1H3,(H,20,24)(H,22,23). The van der Waals surface area contributed by atoms with Crippen LogP contribution in [0.25, 0.3) is 0 Å². The Balaban J connectivity index is 1.65. The number of ether oxygens (including phenoxy) is 2. The van der Waals surface area contributed by atoms with Gasteiger partial charge in [0.2, 0.25) is 0 Å². The summed E-state index contributed by atoms with van der Waals surface area (Å²) in [4.78, 5) is 25.4. The van der Waals surface area contributed by atoms with E-state index in [0.29, 0.717) is 48.6 Å². The number of carbonyl (C=O) groups excluding carboxylic acids is 1. The lowest BCUT2D eigenvalue weighted by Gasteiger charge is -2.21. The molecule has 0 bridgehead atoms. The number of hydrogen-bond acceptors (Lipinski definition) is 4. The summed E-state index contributed by atoms with van der Waals surface area (Å²) in [6.45, 7) is 4.15. The van der Waals surface area contributed by atoms with Gasteiger partial charge in [-0.1, -0.05) is 11.6 Å². The highest BCUT2D eigenvalue weighted by atomic mass is 35.5. The predicted octanol–water partition coefficient (Wildman–Crippen LogP) is 3.08. The fourth-order valence-corrected chi connectivity index (χ4v) is 3.32. The van der Waals surface area contributed by atoms with Crippen molar-refractivity contribution in [3.05, 3.63) is 23.2 Å². The molecule has 2 atom stereocenters. The van der Waals surface area contributed by atoms with E-state index in [-0.39, 0.29) is 12.6 Å². The third-order valence-electron chi connectivity index (χ3n) is 4.96. The first-order chi connectivity index (χ1) is 12.4. The summed E-state index contributed by atoms with van der Waals surface area (Å²) in [5.74, 6) is -0.0164. The number of carboxylic acids is 1. The van der Waals surface area contributed by atoms with E-state index >= 15 is 0 Å². The number of carboxylic acid groups (broad SMARTS) is 1. The fraction of sp³-hybridized carbons (Fsp3) is 0.556. The van der Waals surface area contributed by atoms with Gasteiger partial charge in [-0.3, -0.25) is 4.79 Å². The number of carbonyl (C=O) groups is 2. The van der Waals surface area contributed by atoms with Gasteiger partial charge in [0.15, 0.2) is 0 Å². The summed E-state index contributed by atoms with van der Waals surface area (Å²) in [5, 5.41) is 12.6. The number of hydrogen-bond donors (Lipinski definition) is 2. The van der Waals surface area contributed by atoms with Crippen molar-refractivity contribution in [2.75, 3.05) is 38.2 Å². The van der Waals surface area contributed by atoms with Gasteiger partial charge in [-0.2, -0.15) is 0 Å². The van der Waals surface area contributed by atoms with Gasteiger partial charge in [-0.25, -0.2) is 4.79 Å². The number of likely N-dealkylation sites (tertiary alicyclic amines) is 1. The average molecular weight is 383 g/mol. The summed E-state index contributed by atoms with van der Waals surface area (Å²) in [6, 6.07) is 4.70. The van der Waals surface area contributed by atoms with Crippen LogP contribution in [0.3, 0.4) is 0 Å². The van der Waals surface area contributed by atoms with Crippen molar-refractivity contribution in [3.63, 3.8) is 0 Å². The number of amides is 2. The van der Waals surface area contributed by atoms with E-state index < -0.39 is 11.4 Å². The Morgan fingerprint density at radius 2 is 2.31 bits per heavy atom. The summed E-state index contributed by atoms with van der Waals surface area (Å²) in [5.41, 5.74) is -0.432. The number of halogens is 1. The van der Waals surface area contributed by atoms with Crippen molar-refractivity contribution in [2.45, 2.75) is 19.8 Å². The number of urea groups is 1. The van der Waals surface area contributed by atoms with Gasteiger partial charge < -0.3 is 24.8 Å². The normalized spacial score (nSPS) is 25.3. The Morgan fingerprint density at radius 3 is 2.96 bits per heavy atom. The molecule has 7 nitrogen and oxygen atoms in total. The number of rotatable bonds is 5. The zero-order valence-corrected chi connectivity index (χ0v) is 15.4. The number of nitrogens with one attached hydrogen (secondary N) is 1. The topological polar surface area (TPSA) is 88.1 Å². The zero-order chi connectivity index (χ0) is 18.7. The van der Waals surface area contributed by atoms with Crippen LogP contribution in [0.4, 0.5) is 10.5 Å². The highest BCUT2D eigenvalue weighted by Gasteiger charge is 2.42. The predicted molar refractivity (Wildman–Crippen MR) is 96.8 cm³/mol. The molecular formula is C18H23ClN2O5. The number of anilines is 1. The summed E-state index contributed by atoms with van der Waals surface area (Å²) < 4.78 is 11.2. The lowest BCUT2D eigenvalue weighted by atomic mass is 9.90. The number of nitrogens with zero attached hydrogens (tertiary/aromatic N) is 1. The van der Waals surface area contributed by atoms with Gasteiger partial charge >= 0.3 is 12.0 Å². The van der Waals surface area contributed by atoms with Gasteiger partial charge in [0.05, 0.1) is 24.3 Å². The van der Waals surface area contributed by atoms with Crippen molar-refractivity contribution in [1.29, 1.82) is 0 Å². The Hall–Kier alpha value is -1.99. The molecule has 2 fully saturated rings. The molecule has 1 aromatic rings. The molecule has 142 valence electrons. The van der Waals surface area contributed by atoms with Crippen LogP contribution >= 0.6 is 11.6 Å². The van der Waals surface area contributed by atoms with Crippen LogP contribution in [0, 0.1) is 11.3 Å². The first-order valence-corrected chi connectivity index (χ1v) is 9.04. The minimum Gasteiger partial charge on any atom is -0.491 e. The summed E-state index contributed by atoms with van der Waals surface area (Å²) in [7, 11) is 0. The second-order valence-electron chi connectivity index (χ2n) is 7.15. The maximum absolute atomic E-state index is 12.6. The van der Waals surface area contributed by atoms with Gasteiger partial charge in [0, 0.05) is 30.6 Å². The molecular weight excluding hydrogens is 360 g/mol. The Bertz CT molecular complexity index is 692. The van der Waals surface area contributed by atoms with Gasteiger partial charge in [-0.05, 0) is 38.0 Å². The van der Waals surface area contributed by atoms with Gasteiger partial charge in [0.1, 0.15) is 5.75 Å². The molecule has 2 unspecified atom stereocenters. The number of benzene rings is 1. The molecule has 2 aliphatic rings. The van der Waals surface area contributed by atoms with Gasteiger partial charge in [0.25, 0.3) is 0 Å². The molecule has 2 amide bonds. The molecule has 0 spiro atoms. The third-order valence-corrected chi connectivity index (χ3v) is 5.19. The van der Waals surface area contributed by atoms with Crippen LogP contribution < -0.4 is 10.1 Å². The van der Waals surface area contributed by atoms with Crippen molar-refractivity contribution < 1.29 is 24.2 Å². The number of aliphatic carboxylic acids is 1. The minimum atomic E-state index is -0.909. The molecule has 0 aromatic heterocycles. The molecule has 3 rings (SSSR count). The van der Waals surface area contributed by atoms with E-state index in [4.69, 9.17) is 21.1 Å². The summed E-state index contributed by atoms with van der Waals surface area (Å²) in [6.07, 6.45) is 1.38.